The third-order valence-corrected chi connectivity index (χ3v) is 8.15. The summed E-state index contributed by atoms with van der Waals surface area (Å²) in [5, 5.41) is 12.1. The molecule has 2 aliphatic carbocycles. The molecule has 0 aromatic heterocycles. The van der Waals surface area contributed by atoms with E-state index in [1.165, 1.54) is 55.6 Å². The Kier molecular flexibility index (Phi) is 3.80. The summed E-state index contributed by atoms with van der Waals surface area (Å²) < 4.78 is 0. The first-order valence-electron chi connectivity index (χ1n) is 12.4. The van der Waals surface area contributed by atoms with Crippen LogP contribution in [-0.4, -0.2) is 5.11 Å². The maximum Gasteiger partial charge on any atom is 0.116 e. The van der Waals surface area contributed by atoms with Gasteiger partial charge in [0, 0.05) is 0 Å². The van der Waals surface area contributed by atoms with Gasteiger partial charge in [0.25, 0.3) is 0 Å². The number of hydrogen-bond acceptors (Lipinski definition) is 1. The molecule has 6 aromatic rings. The lowest BCUT2D eigenvalue weighted by atomic mass is 9.70. The van der Waals surface area contributed by atoms with Gasteiger partial charge in [-0.1, -0.05) is 103 Å². The molecule has 0 amide bonds. The number of phenols is 1. The minimum absolute atomic E-state index is 0.297. The lowest BCUT2D eigenvalue weighted by Crippen LogP contribution is -2.25. The average molecular weight is 459 g/mol. The Hall–Kier alpha value is -4.62. The van der Waals surface area contributed by atoms with E-state index in [0.29, 0.717) is 5.75 Å². The molecule has 168 valence electrons. The molecule has 0 bridgehead atoms. The molecule has 0 saturated carbocycles. The molecule has 6 aromatic carbocycles. The molecule has 1 N–H and O–H groups in total. The van der Waals surface area contributed by atoms with E-state index in [2.05, 4.69) is 109 Å². The van der Waals surface area contributed by atoms with E-state index in [1.54, 1.807) is 6.07 Å². The second kappa shape index (κ2) is 6.96. The minimum atomic E-state index is -0.322. The summed E-state index contributed by atoms with van der Waals surface area (Å²) in [4.78, 5) is 0. The summed E-state index contributed by atoms with van der Waals surface area (Å²) in [6.07, 6.45) is 0. The molecule has 1 nitrogen and oxygen atoms in total. The summed E-state index contributed by atoms with van der Waals surface area (Å²) in [5.74, 6) is 0.297. The molecule has 0 unspecified atom stereocenters. The van der Waals surface area contributed by atoms with Gasteiger partial charge in [-0.15, -0.1) is 0 Å². The van der Waals surface area contributed by atoms with Crippen molar-refractivity contribution in [2.45, 2.75) is 5.41 Å². The summed E-state index contributed by atoms with van der Waals surface area (Å²) in [5.41, 5.74) is 12.8. The van der Waals surface area contributed by atoms with Crippen LogP contribution in [0.5, 0.6) is 5.75 Å². The van der Waals surface area contributed by atoms with Crippen LogP contribution in [0.4, 0.5) is 0 Å². The molecule has 1 spiro atoms. The maximum absolute atomic E-state index is 9.89. The molecular formula is C35H22O. The Labute approximate surface area is 209 Å². The number of aromatic hydroxyl groups is 1. The first-order valence-corrected chi connectivity index (χ1v) is 12.4. The van der Waals surface area contributed by atoms with Crippen molar-refractivity contribution in [1.29, 1.82) is 0 Å². The highest BCUT2D eigenvalue weighted by atomic mass is 16.3. The number of benzene rings is 6. The molecule has 0 heterocycles. The quantitative estimate of drug-likeness (QED) is 0.261. The van der Waals surface area contributed by atoms with E-state index < -0.39 is 0 Å². The molecule has 36 heavy (non-hydrogen) atoms. The zero-order valence-corrected chi connectivity index (χ0v) is 19.6. The van der Waals surface area contributed by atoms with E-state index in [4.69, 9.17) is 0 Å². The van der Waals surface area contributed by atoms with Crippen molar-refractivity contribution in [3.63, 3.8) is 0 Å². The molecule has 1 heteroatoms. The molecule has 0 atom stereocenters. The van der Waals surface area contributed by atoms with Gasteiger partial charge in [-0.05, 0) is 90.7 Å². The van der Waals surface area contributed by atoms with Gasteiger partial charge in [-0.25, -0.2) is 0 Å². The molecule has 8 rings (SSSR count). The van der Waals surface area contributed by atoms with Crippen molar-refractivity contribution in [2.24, 2.45) is 0 Å². The van der Waals surface area contributed by atoms with Crippen LogP contribution >= 0.6 is 0 Å². The van der Waals surface area contributed by atoms with E-state index in [0.717, 1.165) is 10.8 Å². The Morgan fingerprint density at radius 3 is 1.50 bits per heavy atom. The predicted molar refractivity (Wildman–Crippen MR) is 147 cm³/mol. The van der Waals surface area contributed by atoms with Crippen molar-refractivity contribution in [1.82, 2.24) is 0 Å². The predicted octanol–water partition coefficient (Wildman–Crippen LogP) is 8.56. The molecule has 0 radical (unpaired) electrons. The first-order chi connectivity index (χ1) is 17.7. The van der Waals surface area contributed by atoms with Crippen LogP contribution in [0.1, 0.15) is 22.3 Å². The Morgan fingerprint density at radius 2 is 0.861 bits per heavy atom. The van der Waals surface area contributed by atoms with Crippen LogP contribution in [-0.2, 0) is 5.41 Å². The van der Waals surface area contributed by atoms with E-state index in [-0.39, 0.29) is 5.41 Å². The molecule has 0 fully saturated rings. The molecule has 0 saturated heterocycles. The van der Waals surface area contributed by atoms with Gasteiger partial charge in [0.15, 0.2) is 0 Å². The zero-order valence-electron chi connectivity index (χ0n) is 19.6. The fourth-order valence-electron chi connectivity index (χ4n) is 6.69. The van der Waals surface area contributed by atoms with Crippen LogP contribution in [0.15, 0.2) is 127 Å². The van der Waals surface area contributed by atoms with Gasteiger partial charge >= 0.3 is 0 Å². The fraction of sp³-hybridized carbons (Fsp3) is 0.0286. The summed E-state index contributed by atoms with van der Waals surface area (Å²) in [7, 11) is 0. The SMILES string of the molecule is Oc1ccc2cc(-c3ccc4c(c3)C3(c5ccccc5-c5ccccc53)c3ccccc3-4)ccc2c1. The Morgan fingerprint density at radius 1 is 0.389 bits per heavy atom. The third kappa shape index (κ3) is 2.40. The molecule has 0 aliphatic heterocycles. The number of rotatable bonds is 1. The summed E-state index contributed by atoms with van der Waals surface area (Å²) in [6.45, 7) is 0. The highest BCUT2D eigenvalue weighted by molar-refractivity contribution is 5.96. The van der Waals surface area contributed by atoms with E-state index >= 15 is 0 Å². The van der Waals surface area contributed by atoms with Crippen molar-refractivity contribution in [3.8, 4) is 39.1 Å². The number of fused-ring (bicyclic) bond motifs is 11. The second-order valence-corrected chi connectivity index (χ2v) is 9.89. The highest BCUT2D eigenvalue weighted by Crippen LogP contribution is 2.62. The Bertz CT molecular complexity index is 1800. The topological polar surface area (TPSA) is 20.2 Å². The minimum Gasteiger partial charge on any atom is -0.508 e. The standard InChI is InChI=1S/C35H22O/c36-26-17-15-23-19-22(13-14-24(23)20-26)25-16-18-30-29-9-3-6-12-33(29)35(34(30)21-25)31-10-4-1-7-27(31)28-8-2-5-11-32(28)35/h1-21,36H. The first kappa shape index (κ1) is 19.7. The second-order valence-electron chi connectivity index (χ2n) is 9.89. The summed E-state index contributed by atoms with van der Waals surface area (Å²) >= 11 is 0. The lowest BCUT2D eigenvalue weighted by Gasteiger charge is -2.30. The maximum atomic E-state index is 9.89. The number of phenolic OH excluding ortho intramolecular Hbond substituents is 1. The van der Waals surface area contributed by atoms with Gasteiger partial charge in [-0.3, -0.25) is 0 Å². The zero-order chi connectivity index (χ0) is 23.9. The van der Waals surface area contributed by atoms with Gasteiger partial charge < -0.3 is 5.11 Å². The van der Waals surface area contributed by atoms with Gasteiger partial charge in [0.1, 0.15) is 5.75 Å². The van der Waals surface area contributed by atoms with Crippen molar-refractivity contribution >= 4 is 10.8 Å². The average Bonchev–Trinajstić information content (AvgIpc) is 3.40. The van der Waals surface area contributed by atoms with Gasteiger partial charge in [-0.2, -0.15) is 0 Å². The smallest absolute Gasteiger partial charge is 0.116 e. The van der Waals surface area contributed by atoms with E-state index in [1.807, 2.05) is 12.1 Å². The van der Waals surface area contributed by atoms with Crippen LogP contribution in [0, 0.1) is 0 Å². The highest BCUT2D eigenvalue weighted by Gasteiger charge is 2.51. The Balaban J connectivity index is 1.45. The largest absolute Gasteiger partial charge is 0.508 e. The molecule has 2 aliphatic rings. The van der Waals surface area contributed by atoms with Crippen molar-refractivity contribution in [3.05, 3.63) is 150 Å². The van der Waals surface area contributed by atoms with Crippen molar-refractivity contribution < 1.29 is 5.11 Å². The van der Waals surface area contributed by atoms with Crippen LogP contribution in [0.2, 0.25) is 0 Å². The van der Waals surface area contributed by atoms with E-state index in [9.17, 15) is 5.11 Å². The van der Waals surface area contributed by atoms with Crippen LogP contribution in [0.25, 0.3) is 44.2 Å². The van der Waals surface area contributed by atoms with Gasteiger partial charge in [0.2, 0.25) is 0 Å². The number of hydrogen-bond donors (Lipinski definition) is 1. The van der Waals surface area contributed by atoms with Crippen molar-refractivity contribution in [2.75, 3.05) is 0 Å². The third-order valence-electron chi connectivity index (χ3n) is 8.15. The van der Waals surface area contributed by atoms with Crippen LogP contribution in [0.3, 0.4) is 0 Å². The normalized spacial score (nSPS) is 13.9. The van der Waals surface area contributed by atoms with Gasteiger partial charge in [0.05, 0.1) is 5.41 Å². The monoisotopic (exact) mass is 458 g/mol. The summed E-state index contributed by atoms with van der Waals surface area (Å²) in [6, 6.07) is 45.8. The fourth-order valence-corrected chi connectivity index (χ4v) is 6.69. The van der Waals surface area contributed by atoms with Crippen LogP contribution < -0.4 is 0 Å². The lowest BCUT2D eigenvalue weighted by molar-refractivity contribution is 0.476. The molecular weight excluding hydrogens is 436 g/mol.